The van der Waals surface area contributed by atoms with Gasteiger partial charge in [-0.1, -0.05) is 20.8 Å². The summed E-state index contributed by atoms with van der Waals surface area (Å²) in [6.45, 7) is 4.55. The van der Waals surface area contributed by atoms with E-state index in [4.69, 9.17) is 0 Å². The number of aromatic nitrogens is 1. The predicted octanol–water partition coefficient (Wildman–Crippen LogP) is 3.19. The van der Waals surface area contributed by atoms with Crippen LogP contribution in [0.5, 0.6) is 0 Å². The first kappa shape index (κ1) is 12.2. The number of halogens is 2. The summed E-state index contributed by atoms with van der Waals surface area (Å²) in [7, 11) is 0. The molecule has 1 aromatic rings. The van der Waals surface area contributed by atoms with Gasteiger partial charge in [-0.05, 0) is 24.1 Å². The molecule has 0 aliphatic heterocycles. The number of nitrogens with zero attached hydrogens (tertiary/aromatic N) is 1. The van der Waals surface area contributed by atoms with Gasteiger partial charge in [0.25, 0.3) is 0 Å². The molecule has 2 nitrogen and oxygen atoms in total. The van der Waals surface area contributed by atoms with E-state index in [1.165, 1.54) is 12.4 Å². The van der Waals surface area contributed by atoms with Crippen LogP contribution in [0.1, 0.15) is 38.9 Å². The smallest absolute Gasteiger partial charge is 0.310 e. The minimum absolute atomic E-state index is 0.148. The zero-order valence-corrected chi connectivity index (χ0v) is 9.37. The van der Waals surface area contributed by atoms with E-state index in [0.29, 0.717) is 5.92 Å². The molecule has 0 amide bonds. The third kappa shape index (κ3) is 3.02. The third-order valence-corrected chi connectivity index (χ3v) is 2.41. The zero-order chi connectivity index (χ0) is 11.4. The molecule has 0 aromatic carbocycles. The first-order valence-corrected chi connectivity index (χ1v) is 5.25. The number of alkyl halides is 2. The summed E-state index contributed by atoms with van der Waals surface area (Å²) < 4.78 is 25.7. The highest BCUT2D eigenvalue weighted by molar-refractivity contribution is 5.16. The molecule has 0 spiro atoms. The number of rotatable bonds is 5. The average molecular weight is 216 g/mol. The summed E-state index contributed by atoms with van der Waals surface area (Å²) in [6.07, 6.45) is 2.94. The Kier molecular flexibility index (Phi) is 4.27. The molecule has 0 saturated heterocycles. The Morgan fingerprint density at radius 2 is 2.07 bits per heavy atom. The van der Waals surface area contributed by atoms with Gasteiger partial charge in [-0.25, -0.2) is 0 Å². The number of hydrogen-bond donors (Lipinski definition) is 1. The molecular weight excluding hydrogens is 198 g/mol. The van der Waals surface area contributed by atoms with Crippen LogP contribution < -0.4 is 5.32 Å². The second-order valence-electron chi connectivity index (χ2n) is 3.95. The first-order chi connectivity index (χ1) is 7.06. The van der Waals surface area contributed by atoms with Gasteiger partial charge >= 0.3 is 6.55 Å². The molecule has 1 unspecified atom stereocenters. The summed E-state index contributed by atoms with van der Waals surface area (Å²) in [5.41, 5.74) is 0.923. The predicted molar refractivity (Wildman–Crippen MR) is 56.9 cm³/mol. The zero-order valence-electron chi connectivity index (χ0n) is 9.37. The molecule has 0 aliphatic rings. The highest BCUT2D eigenvalue weighted by Gasteiger charge is 2.16. The minimum atomic E-state index is -2.45. The van der Waals surface area contributed by atoms with Crippen molar-refractivity contribution in [3.05, 3.63) is 24.0 Å². The molecular formula is C11H18F2N2. The maximum Gasteiger partial charge on any atom is 0.318 e. The Labute approximate surface area is 89.3 Å². The van der Waals surface area contributed by atoms with Gasteiger partial charge in [-0.2, -0.15) is 8.78 Å². The van der Waals surface area contributed by atoms with Gasteiger partial charge in [0.15, 0.2) is 0 Å². The lowest BCUT2D eigenvalue weighted by molar-refractivity contribution is 0.0704. The lowest BCUT2D eigenvalue weighted by Crippen LogP contribution is -2.25. The van der Waals surface area contributed by atoms with Crippen molar-refractivity contribution in [3.8, 4) is 0 Å². The second-order valence-corrected chi connectivity index (χ2v) is 3.95. The first-order valence-electron chi connectivity index (χ1n) is 5.25. The molecule has 15 heavy (non-hydrogen) atoms. The maximum absolute atomic E-state index is 12.4. The van der Waals surface area contributed by atoms with Crippen molar-refractivity contribution < 1.29 is 8.78 Å². The SMILES string of the molecule is CCNC(c1ccn(C(F)F)c1)C(C)C. The van der Waals surface area contributed by atoms with Crippen molar-refractivity contribution in [2.24, 2.45) is 5.92 Å². The van der Waals surface area contributed by atoms with Gasteiger partial charge in [-0.3, -0.25) is 4.57 Å². The molecule has 1 aromatic heterocycles. The Morgan fingerprint density at radius 3 is 2.47 bits per heavy atom. The van der Waals surface area contributed by atoms with Crippen LogP contribution in [-0.4, -0.2) is 11.1 Å². The molecule has 1 atom stereocenters. The fraction of sp³-hybridized carbons (Fsp3) is 0.636. The van der Waals surface area contributed by atoms with Crippen LogP contribution in [0.4, 0.5) is 8.78 Å². The Bertz CT molecular complexity index is 295. The molecule has 1 rings (SSSR count). The lowest BCUT2D eigenvalue weighted by Gasteiger charge is -2.20. The number of nitrogens with one attached hydrogen (secondary N) is 1. The molecule has 0 aliphatic carbocycles. The van der Waals surface area contributed by atoms with E-state index >= 15 is 0 Å². The average Bonchev–Trinajstić information content (AvgIpc) is 2.62. The molecule has 1 heterocycles. The van der Waals surface area contributed by atoms with Crippen LogP contribution in [0.15, 0.2) is 18.5 Å². The monoisotopic (exact) mass is 216 g/mol. The number of hydrogen-bond acceptors (Lipinski definition) is 1. The van der Waals surface area contributed by atoms with E-state index in [0.717, 1.165) is 16.7 Å². The van der Waals surface area contributed by atoms with E-state index in [2.05, 4.69) is 19.2 Å². The van der Waals surface area contributed by atoms with Crippen LogP contribution in [0.2, 0.25) is 0 Å². The van der Waals surface area contributed by atoms with E-state index in [9.17, 15) is 8.78 Å². The van der Waals surface area contributed by atoms with Crippen LogP contribution >= 0.6 is 0 Å². The molecule has 0 radical (unpaired) electrons. The summed E-state index contributed by atoms with van der Waals surface area (Å²) in [5, 5.41) is 3.29. The van der Waals surface area contributed by atoms with Crippen molar-refractivity contribution in [3.63, 3.8) is 0 Å². The van der Waals surface area contributed by atoms with Crippen LogP contribution in [0.25, 0.3) is 0 Å². The molecule has 0 bridgehead atoms. The summed E-state index contributed by atoms with van der Waals surface area (Å²) in [5.74, 6) is 0.387. The van der Waals surface area contributed by atoms with Crippen LogP contribution in [0, 0.1) is 5.92 Å². The normalized spacial score (nSPS) is 13.8. The van der Waals surface area contributed by atoms with Crippen molar-refractivity contribution in [1.82, 2.24) is 9.88 Å². The molecule has 4 heteroatoms. The Balaban J connectivity index is 2.81. The topological polar surface area (TPSA) is 17.0 Å². The highest BCUT2D eigenvalue weighted by Crippen LogP contribution is 2.23. The van der Waals surface area contributed by atoms with Crippen molar-refractivity contribution in [2.75, 3.05) is 6.54 Å². The highest BCUT2D eigenvalue weighted by atomic mass is 19.3. The van der Waals surface area contributed by atoms with Gasteiger partial charge < -0.3 is 5.32 Å². The molecule has 0 fully saturated rings. The van der Waals surface area contributed by atoms with E-state index in [1.54, 1.807) is 6.07 Å². The van der Waals surface area contributed by atoms with Gasteiger partial charge in [0.2, 0.25) is 0 Å². The summed E-state index contributed by atoms with van der Waals surface area (Å²) in [4.78, 5) is 0. The lowest BCUT2D eigenvalue weighted by atomic mass is 9.98. The van der Waals surface area contributed by atoms with Crippen molar-refractivity contribution in [1.29, 1.82) is 0 Å². The van der Waals surface area contributed by atoms with Crippen LogP contribution in [-0.2, 0) is 0 Å². The van der Waals surface area contributed by atoms with E-state index < -0.39 is 6.55 Å². The fourth-order valence-corrected chi connectivity index (χ4v) is 1.69. The molecule has 1 N–H and O–H groups in total. The Hall–Kier alpha value is -0.900. The van der Waals surface area contributed by atoms with Crippen LogP contribution in [0.3, 0.4) is 0 Å². The molecule has 86 valence electrons. The van der Waals surface area contributed by atoms with Gasteiger partial charge in [0.05, 0.1) is 0 Å². The maximum atomic E-state index is 12.4. The Morgan fingerprint density at radius 1 is 1.40 bits per heavy atom. The quantitative estimate of drug-likeness (QED) is 0.799. The fourth-order valence-electron chi connectivity index (χ4n) is 1.69. The third-order valence-electron chi connectivity index (χ3n) is 2.41. The van der Waals surface area contributed by atoms with Gasteiger partial charge in [-0.15, -0.1) is 0 Å². The minimum Gasteiger partial charge on any atom is -0.310 e. The van der Waals surface area contributed by atoms with Gasteiger partial charge in [0, 0.05) is 18.4 Å². The van der Waals surface area contributed by atoms with Gasteiger partial charge in [0.1, 0.15) is 0 Å². The molecule has 0 saturated carbocycles. The van der Waals surface area contributed by atoms with Crippen molar-refractivity contribution >= 4 is 0 Å². The van der Waals surface area contributed by atoms with Crippen molar-refractivity contribution in [2.45, 2.75) is 33.4 Å². The van der Waals surface area contributed by atoms with E-state index in [-0.39, 0.29) is 6.04 Å². The summed E-state index contributed by atoms with van der Waals surface area (Å²) in [6, 6.07) is 1.90. The largest absolute Gasteiger partial charge is 0.318 e. The summed E-state index contributed by atoms with van der Waals surface area (Å²) >= 11 is 0. The second kappa shape index (κ2) is 5.26. The van der Waals surface area contributed by atoms with E-state index in [1.807, 2.05) is 6.92 Å². The standard InChI is InChI=1S/C11H18F2N2/c1-4-14-10(8(2)3)9-5-6-15(7-9)11(12)13/h5-8,10-11,14H,4H2,1-3H3.